The molecule has 4 nitrogen and oxygen atoms in total. The number of H-pyrrole nitrogens is 2. The molecular weight excluding hydrogens is 320 g/mol. The molecule has 2 aromatic heterocycles. The molecule has 0 aromatic carbocycles. The van der Waals surface area contributed by atoms with Crippen molar-refractivity contribution in [1.29, 1.82) is 0 Å². The van der Waals surface area contributed by atoms with E-state index >= 15 is 0 Å². The third kappa shape index (κ3) is 2.76. The topological polar surface area (TPSA) is 56.3 Å². The molecule has 2 aliphatic carbocycles. The van der Waals surface area contributed by atoms with Crippen molar-refractivity contribution in [2.24, 2.45) is 10.2 Å². The summed E-state index contributed by atoms with van der Waals surface area (Å²) in [6, 6.07) is 0. The predicted molar refractivity (Wildman–Crippen MR) is 109 cm³/mol. The fourth-order valence-electron chi connectivity index (χ4n) is 4.86. The van der Waals surface area contributed by atoms with E-state index in [1.54, 1.807) is 0 Å². The van der Waals surface area contributed by atoms with E-state index in [4.69, 9.17) is 10.2 Å². The molecule has 4 heteroatoms. The van der Waals surface area contributed by atoms with Gasteiger partial charge >= 0.3 is 0 Å². The van der Waals surface area contributed by atoms with Gasteiger partial charge in [-0.3, -0.25) is 0 Å². The minimum absolute atomic E-state index is 1.04. The lowest BCUT2D eigenvalue weighted by molar-refractivity contribution is 0.805. The summed E-state index contributed by atoms with van der Waals surface area (Å²) < 4.78 is 0. The molecule has 0 spiro atoms. The normalized spacial score (nSPS) is 19.8. The van der Waals surface area contributed by atoms with Gasteiger partial charge in [0, 0.05) is 33.9 Å². The smallest absolute Gasteiger partial charge is 0.0723 e. The highest BCUT2D eigenvalue weighted by atomic mass is 15.2. The van der Waals surface area contributed by atoms with Gasteiger partial charge in [0.05, 0.1) is 11.4 Å². The van der Waals surface area contributed by atoms with Crippen LogP contribution in [0, 0.1) is 13.8 Å². The van der Waals surface area contributed by atoms with Crippen molar-refractivity contribution in [3.8, 4) is 0 Å². The number of aromatic nitrogens is 2. The third-order valence-corrected chi connectivity index (χ3v) is 6.05. The van der Waals surface area contributed by atoms with E-state index in [0.29, 0.717) is 0 Å². The Morgan fingerprint density at radius 2 is 1.12 bits per heavy atom. The van der Waals surface area contributed by atoms with Crippen LogP contribution < -0.4 is 0 Å². The molecular formula is C22H30N4. The number of aromatic amines is 2. The SMILES string of the molecule is CCc1c(C)[nH]c2c1/C(=N/N=C1\CCCc3[nH]c(C)c(CC)c31)CCC2. The van der Waals surface area contributed by atoms with E-state index in [2.05, 4.69) is 37.7 Å². The molecule has 0 bridgehead atoms. The van der Waals surface area contributed by atoms with Crippen LogP contribution in [0.2, 0.25) is 0 Å². The van der Waals surface area contributed by atoms with Crippen molar-refractivity contribution < 1.29 is 0 Å². The largest absolute Gasteiger partial charge is 0.362 e. The second kappa shape index (κ2) is 6.90. The molecule has 0 fully saturated rings. The van der Waals surface area contributed by atoms with E-state index in [1.807, 2.05) is 0 Å². The van der Waals surface area contributed by atoms with Crippen LogP contribution in [0.25, 0.3) is 0 Å². The fourth-order valence-corrected chi connectivity index (χ4v) is 4.86. The Bertz CT molecular complexity index is 818. The van der Waals surface area contributed by atoms with Gasteiger partial charge in [0.25, 0.3) is 0 Å². The van der Waals surface area contributed by atoms with Gasteiger partial charge in [0.15, 0.2) is 0 Å². The van der Waals surface area contributed by atoms with Crippen LogP contribution >= 0.6 is 0 Å². The highest BCUT2D eigenvalue weighted by Gasteiger charge is 2.24. The molecule has 2 aliphatic rings. The van der Waals surface area contributed by atoms with E-state index in [9.17, 15) is 0 Å². The fraction of sp³-hybridized carbons (Fsp3) is 0.545. The molecule has 138 valence electrons. The van der Waals surface area contributed by atoms with E-state index in [0.717, 1.165) is 51.4 Å². The first kappa shape index (κ1) is 17.3. The van der Waals surface area contributed by atoms with Crippen LogP contribution in [0.15, 0.2) is 10.2 Å². The first-order valence-electron chi connectivity index (χ1n) is 10.2. The first-order chi connectivity index (χ1) is 12.6. The second-order valence-electron chi connectivity index (χ2n) is 7.67. The van der Waals surface area contributed by atoms with E-state index in [1.165, 1.54) is 56.5 Å². The molecule has 26 heavy (non-hydrogen) atoms. The van der Waals surface area contributed by atoms with Gasteiger partial charge in [-0.25, -0.2) is 0 Å². The van der Waals surface area contributed by atoms with Crippen molar-refractivity contribution in [3.05, 3.63) is 45.0 Å². The molecule has 0 saturated heterocycles. The summed E-state index contributed by atoms with van der Waals surface area (Å²) in [5, 5.41) is 9.65. The number of hydrogen-bond acceptors (Lipinski definition) is 2. The lowest BCUT2D eigenvalue weighted by Crippen LogP contribution is -2.14. The van der Waals surface area contributed by atoms with Gasteiger partial charge in [0.2, 0.25) is 0 Å². The molecule has 0 amide bonds. The van der Waals surface area contributed by atoms with Crippen molar-refractivity contribution in [2.75, 3.05) is 0 Å². The number of nitrogens with one attached hydrogen (secondary N) is 2. The molecule has 0 aliphatic heterocycles. The zero-order valence-electron chi connectivity index (χ0n) is 16.6. The molecule has 4 rings (SSSR count). The van der Waals surface area contributed by atoms with E-state index in [-0.39, 0.29) is 0 Å². The molecule has 2 N–H and O–H groups in total. The maximum absolute atomic E-state index is 4.82. The highest BCUT2D eigenvalue weighted by molar-refractivity contribution is 6.07. The summed E-state index contributed by atoms with van der Waals surface area (Å²) in [5.74, 6) is 0. The average molecular weight is 351 g/mol. The van der Waals surface area contributed by atoms with Gasteiger partial charge < -0.3 is 9.97 Å². The predicted octanol–water partition coefficient (Wildman–Crippen LogP) is 4.95. The minimum Gasteiger partial charge on any atom is -0.362 e. The molecule has 2 heterocycles. The second-order valence-corrected chi connectivity index (χ2v) is 7.67. The summed E-state index contributed by atoms with van der Waals surface area (Å²) >= 11 is 0. The van der Waals surface area contributed by atoms with Crippen LogP contribution in [0.5, 0.6) is 0 Å². The zero-order chi connectivity index (χ0) is 18.3. The van der Waals surface area contributed by atoms with Crippen LogP contribution in [0.4, 0.5) is 0 Å². The summed E-state index contributed by atoms with van der Waals surface area (Å²) in [5.41, 5.74) is 13.2. The van der Waals surface area contributed by atoms with Crippen molar-refractivity contribution in [3.63, 3.8) is 0 Å². The van der Waals surface area contributed by atoms with Crippen LogP contribution in [-0.2, 0) is 25.7 Å². The number of nitrogens with zero attached hydrogens (tertiary/aromatic N) is 2. The van der Waals surface area contributed by atoms with Crippen molar-refractivity contribution >= 4 is 11.4 Å². The Labute approximate surface area is 156 Å². The Hall–Kier alpha value is -2.10. The summed E-state index contributed by atoms with van der Waals surface area (Å²) in [6.07, 6.45) is 8.76. The van der Waals surface area contributed by atoms with E-state index < -0.39 is 0 Å². The van der Waals surface area contributed by atoms with Gasteiger partial charge in [-0.05, 0) is 76.3 Å². The van der Waals surface area contributed by atoms with Gasteiger partial charge in [-0.15, -0.1) is 0 Å². The quantitative estimate of drug-likeness (QED) is 0.736. The standard InChI is InChI=1S/C22H30N4/c1-5-15-13(3)23-17-9-7-11-19(21(15)17)25-26-20-12-8-10-18-22(20)16(6-2)14(4)24-18/h23-24H,5-12H2,1-4H3/b25-19+,26-20+. The zero-order valence-corrected chi connectivity index (χ0v) is 16.6. The van der Waals surface area contributed by atoms with Crippen molar-refractivity contribution in [2.45, 2.75) is 79.1 Å². The summed E-state index contributed by atoms with van der Waals surface area (Å²) in [7, 11) is 0. The minimum atomic E-state index is 1.04. The lowest BCUT2D eigenvalue weighted by Gasteiger charge is -2.17. The Kier molecular flexibility index (Phi) is 4.60. The molecule has 0 unspecified atom stereocenters. The highest BCUT2D eigenvalue weighted by Crippen LogP contribution is 2.30. The lowest BCUT2D eigenvalue weighted by atomic mass is 9.91. The summed E-state index contributed by atoms with van der Waals surface area (Å²) in [4.78, 5) is 7.17. The Morgan fingerprint density at radius 3 is 1.50 bits per heavy atom. The number of hydrogen-bond donors (Lipinski definition) is 2. The van der Waals surface area contributed by atoms with Gasteiger partial charge in [-0.2, -0.15) is 10.2 Å². The van der Waals surface area contributed by atoms with Gasteiger partial charge in [-0.1, -0.05) is 13.8 Å². The maximum Gasteiger partial charge on any atom is 0.0723 e. The van der Waals surface area contributed by atoms with Gasteiger partial charge in [0.1, 0.15) is 0 Å². The number of aryl methyl sites for hydroxylation is 4. The Morgan fingerprint density at radius 1 is 0.692 bits per heavy atom. The summed E-state index contributed by atoms with van der Waals surface area (Å²) in [6.45, 7) is 8.84. The number of fused-ring (bicyclic) bond motifs is 2. The Balaban J connectivity index is 1.77. The average Bonchev–Trinajstić information content (AvgIpc) is 3.14. The third-order valence-electron chi connectivity index (χ3n) is 6.05. The molecule has 0 radical (unpaired) electrons. The monoisotopic (exact) mass is 350 g/mol. The molecule has 0 saturated carbocycles. The van der Waals surface area contributed by atoms with Crippen LogP contribution in [-0.4, -0.2) is 21.4 Å². The van der Waals surface area contributed by atoms with Crippen LogP contribution in [0.3, 0.4) is 0 Å². The van der Waals surface area contributed by atoms with Crippen LogP contribution in [0.1, 0.15) is 84.6 Å². The molecule has 2 aromatic rings. The first-order valence-corrected chi connectivity index (χ1v) is 10.2. The maximum atomic E-state index is 4.82. The molecule has 0 atom stereocenters. The van der Waals surface area contributed by atoms with Crippen molar-refractivity contribution in [1.82, 2.24) is 9.97 Å². The number of rotatable bonds is 3.